The minimum atomic E-state index is 0.180. The van der Waals surface area contributed by atoms with Gasteiger partial charge in [0.1, 0.15) is 5.82 Å². The van der Waals surface area contributed by atoms with Crippen LogP contribution in [0.1, 0.15) is 32.6 Å². The number of aromatic nitrogens is 2. The van der Waals surface area contributed by atoms with Crippen molar-refractivity contribution in [1.82, 2.24) is 24.7 Å². The van der Waals surface area contributed by atoms with E-state index in [-0.39, 0.29) is 11.9 Å². The van der Waals surface area contributed by atoms with E-state index >= 15 is 0 Å². The second-order valence-electron chi connectivity index (χ2n) is 5.42. The molecule has 2 heterocycles. The first kappa shape index (κ1) is 16.0. The molecule has 1 aliphatic heterocycles. The molecule has 21 heavy (non-hydrogen) atoms. The lowest BCUT2D eigenvalue weighted by atomic mass is 10.1. The number of hydrogen-bond donors (Lipinski definition) is 1. The quantitative estimate of drug-likeness (QED) is 0.849. The van der Waals surface area contributed by atoms with Crippen molar-refractivity contribution in [3.8, 4) is 0 Å². The molecule has 1 fully saturated rings. The average Bonchev–Trinajstić information content (AvgIpc) is 3.05. The standard InChI is InChI=1S/C15H27N5O/c1-4-18(5-2)12-14(21)20-10-9-19(6-3)13(11-20)15-16-7-8-17-15/h7-8,13H,4-6,9-12H2,1-3H3,(H,16,17). The zero-order valence-corrected chi connectivity index (χ0v) is 13.4. The number of carbonyl (C=O) groups excluding carboxylic acids is 1. The van der Waals surface area contributed by atoms with Crippen LogP contribution in [0.5, 0.6) is 0 Å². The van der Waals surface area contributed by atoms with Crippen LogP contribution in [0.3, 0.4) is 0 Å². The Hall–Kier alpha value is -1.40. The van der Waals surface area contributed by atoms with Crippen LogP contribution in [-0.2, 0) is 4.79 Å². The normalized spacial score (nSPS) is 20.2. The van der Waals surface area contributed by atoms with E-state index in [0.29, 0.717) is 6.54 Å². The summed E-state index contributed by atoms with van der Waals surface area (Å²) in [5.41, 5.74) is 0. The van der Waals surface area contributed by atoms with Gasteiger partial charge in [-0.1, -0.05) is 20.8 Å². The summed E-state index contributed by atoms with van der Waals surface area (Å²) in [6.45, 7) is 12.1. The predicted octanol–water partition coefficient (Wildman–Crippen LogP) is 0.957. The van der Waals surface area contributed by atoms with Crippen molar-refractivity contribution in [3.05, 3.63) is 18.2 Å². The predicted molar refractivity (Wildman–Crippen MR) is 82.9 cm³/mol. The Morgan fingerprint density at radius 2 is 2.14 bits per heavy atom. The highest BCUT2D eigenvalue weighted by Gasteiger charge is 2.31. The van der Waals surface area contributed by atoms with Gasteiger partial charge in [0.2, 0.25) is 5.91 Å². The minimum Gasteiger partial charge on any atom is -0.347 e. The molecular formula is C15H27N5O. The van der Waals surface area contributed by atoms with E-state index < -0.39 is 0 Å². The minimum absolute atomic E-state index is 0.180. The zero-order chi connectivity index (χ0) is 15.2. The van der Waals surface area contributed by atoms with Crippen molar-refractivity contribution in [1.29, 1.82) is 0 Å². The number of amides is 1. The third-order valence-electron chi connectivity index (χ3n) is 4.34. The van der Waals surface area contributed by atoms with Gasteiger partial charge in [-0.25, -0.2) is 4.98 Å². The Labute approximate surface area is 127 Å². The van der Waals surface area contributed by atoms with Crippen LogP contribution in [0.15, 0.2) is 12.4 Å². The highest BCUT2D eigenvalue weighted by molar-refractivity contribution is 5.78. The molecule has 0 aliphatic carbocycles. The van der Waals surface area contributed by atoms with Gasteiger partial charge in [0.15, 0.2) is 0 Å². The van der Waals surface area contributed by atoms with Crippen LogP contribution in [-0.4, -0.2) is 76.4 Å². The maximum Gasteiger partial charge on any atom is 0.236 e. The molecular weight excluding hydrogens is 266 g/mol. The van der Waals surface area contributed by atoms with Crippen molar-refractivity contribution in [2.75, 3.05) is 45.8 Å². The monoisotopic (exact) mass is 293 g/mol. The summed E-state index contributed by atoms with van der Waals surface area (Å²) in [5, 5.41) is 0. The summed E-state index contributed by atoms with van der Waals surface area (Å²) >= 11 is 0. The Morgan fingerprint density at radius 3 is 2.71 bits per heavy atom. The molecule has 1 aliphatic rings. The third kappa shape index (κ3) is 3.83. The number of rotatable bonds is 6. The highest BCUT2D eigenvalue weighted by atomic mass is 16.2. The number of likely N-dealkylation sites (N-methyl/N-ethyl adjacent to an activating group) is 2. The van der Waals surface area contributed by atoms with Crippen molar-refractivity contribution in [3.63, 3.8) is 0 Å². The number of carbonyl (C=O) groups is 1. The molecule has 0 spiro atoms. The lowest BCUT2D eigenvalue weighted by Crippen LogP contribution is -2.52. The molecule has 0 saturated carbocycles. The Kier molecular flexibility index (Phi) is 5.76. The average molecular weight is 293 g/mol. The van der Waals surface area contributed by atoms with Crippen LogP contribution in [0, 0.1) is 0 Å². The van der Waals surface area contributed by atoms with Gasteiger partial charge in [-0.05, 0) is 19.6 Å². The summed E-state index contributed by atoms with van der Waals surface area (Å²) < 4.78 is 0. The van der Waals surface area contributed by atoms with Crippen LogP contribution >= 0.6 is 0 Å². The van der Waals surface area contributed by atoms with Gasteiger partial charge in [0.25, 0.3) is 0 Å². The molecule has 118 valence electrons. The second-order valence-corrected chi connectivity index (χ2v) is 5.42. The fraction of sp³-hybridized carbons (Fsp3) is 0.733. The molecule has 1 amide bonds. The SMILES string of the molecule is CCN(CC)CC(=O)N1CCN(CC)C(c2ncc[nH]2)C1. The smallest absolute Gasteiger partial charge is 0.236 e. The maximum absolute atomic E-state index is 12.5. The first-order valence-electron chi connectivity index (χ1n) is 7.93. The third-order valence-corrected chi connectivity index (χ3v) is 4.34. The number of nitrogens with one attached hydrogen (secondary N) is 1. The molecule has 2 rings (SSSR count). The summed E-state index contributed by atoms with van der Waals surface area (Å²) in [6, 6.07) is 0.180. The van der Waals surface area contributed by atoms with E-state index in [1.165, 1.54) is 0 Å². The van der Waals surface area contributed by atoms with Crippen molar-refractivity contribution < 1.29 is 4.79 Å². The molecule has 0 radical (unpaired) electrons. The zero-order valence-electron chi connectivity index (χ0n) is 13.4. The van der Waals surface area contributed by atoms with E-state index in [1.807, 2.05) is 11.1 Å². The van der Waals surface area contributed by atoms with Crippen LogP contribution in [0.2, 0.25) is 0 Å². The maximum atomic E-state index is 12.5. The molecule has 6 nitrogen and oxygen atoms in total. The van der Waals surface area contributed by atoms with Crippen molar-refractivity contribution in [2.45, 2.75) is 26.8 Å². The number of aromatic amines is 1. The lowest BCUT2D eigenvalue weighted by molar-refractivity contribution is -0.135. The highest BCUT2D eigenvalue weighted by Crippen LogP contribution is 2.22. The number of piperazine rings is 1. The van der Waals surface area contributed by atoms with Crippen LogP contribution in [0.25, 0.3) is 0 Å². The first-order valence-corrected chi connectivity index (χ1v) is 7.93. The number of nitrogens with zero attached hydrogens (tertiary/aromatic N) is 4. The van der Waals surface area contributed by atoms with Gasteiger partial charge >= 0.3 is 0 Å². The summed E-state index contributed by atoms with van der Waals surface area (Å²) in [5.74, 6) is 1.18. The van der Waals surface area contributed by atoms with E-state index in [2.05, 4.69) is 40.5 Å². The first-order chi connectivity index (χ1) is 10.2. The number of imidazole rings is 1. The Morgan fingerprint density at radius 1 is 1.38 bits per heavy atom. The molecule has 1 N–H and O–H groups in total. The van der Waals surface area contributed by atoms with Crippen molar-refractivity contribution in [2.24, 2.45) is 0 Å². The Balaban J connectivity index is 2.01. The van der Waals surface area contributed by atoms with Gasteiger partial charge < -0.3 is 9.88 Å². The molecule has 1 aromatic rings. The van der Waals surface area contributed by atoms with Gasteiger partial charge in [-0.2, -0.15) is 0 Å². The molecule has 1 unspecified atom stereocenters. The van der Waals surface area contributed by atoms with Gasteiger partial charge in [-0.15, -0.1) is 0 Å². The fourth-order valence-electron chi connectivity index (χ4n) is 2.88. The summed E-state index contributed by atoms with van der Waals surface area (Å²) in [4.78, 5) is 26.6. The Bertz CT molecular complexity index is 429. The summed E-state index contributed by atoms with van der Waals surface area (Å²) in [7, 11) is 0. The van der Waals surface area contributed by atoms with Gasteiger partial charge in [-0.3, -0.25) is 14.6 Å². The second kappa shape index (κ2) is 7.56. The number of hydrogen-bond acceptors (Lipinski definition) is 4. The largest absolute Gasteiger partial charge is 0.347 e. The van der Waals surface area contributed by atoms with E-state index in [4.69, 9.17) is 0 Å². The molecule has 1 atom stereocenters. The molecule has 0 bridgehead atoms. The lowest BCUT2D eigenvalue weighted by Gasteiger charge is -2.40. The van der Waals surface area contributed by atoms with E-state index in [9.17, 15) is 4.79 Å². The van der Waals surface area contributed by atoms with Gasteiger partial charge in [0.05, 0.1) is 12.6 Å². The molecule has 6 heteroatoms. The number of H-pyrrole nitrogens is 1. The van der Waals surface area contributed by atoms with Gasteiger partial charge in [0, 0.05) is 32.0 Å². The van der Waals surface area contributed by atoms with E-state index in [0.717, 1.165) is 45.1 Å². The van der Waals surface area contributed by atoms with E-state index in [1.54, 1.807) is 6.20 Å². The topological polar surface area (TPSA) is 55.5 Å². The van der Waals surface area contributed by atoms with Crippen LogP contribution in [0.4, 0.5) is 0 Å². The fourth-order valence-corrected chi connectivity index (χ4v) is 2.88. The molecule has 1 saturated heterocycles. The molecule has 0 aromatic carbocycles. The van der Waals surface area contributed by atoms with Crippen molar-refractivity contribution >= 4 is 5.91 Å². The van der Waals surface area contributed by atoms with Crippen LogP contribution < -0.4 is 0 Å². The summed E-state index contributed by atoms with van der Waals surface area (Å²) in [6.07, 6.45) is 3.62. The molecule has 1 aromatic heterocycles.